The zero-order valence-corrected chi connectivity index (χ0v) is 42.2. The summed E-state index contributed by atoms with van der Waals surface area (Å²) < 4.78 is 0. The number of fused-ring (bicyclic) bond motifs is 3. The van der Waals surface area contributed by atoms with E-state index < -0.39 is 0 Å². The predicted molar refractivity (Wildman–Crippen MR) is 322 cm³/mol. The lowest BCUT2D eigenvalue weighted by atomic mass is 9.85. The average Bonchev–Trinajstić information content (AvgIpc) is 4.21. The summed E-state index contributed by atoms with van der Waals surface area (Å²) in [6.07, 6.45) is 4.64. The first kappa shape index (κ1) is 45.0. The van der Waals surface area contributed by atoms with Crippen LogP contribution in [0.2, 0.25) is 0 Å². The Hall–Kier alpha value is -8.92. The van der Waals surface area contributed by atoms with Crippen LogP contribution in [0, 0.1) is 0 Å². The van der Waals surface area contributed by atoms with Gasteiger partial charge in [-0.2, -0.15) is 0 Å². The van der Waals surface area contributed by atoms with Gasteiger partial charge < -0.3 is 0 Å². The number of rotatable bonds is 11. The summed E-state index contributed by atoms with van der Waals surface area (Å²) in [5.41, 5.74) is 16.8. The molecule has 0 saturated heterocycles. The second-order valence-electron chi connectivity index (χ2n) is 18.8. The van der Waals surface area contributed by atoms with Gasteiger partial charge in [0.15, 0.2) is 0 Å². The second-order valence-corrected chi connectivity index (χ2v) is 20.9. The van der Waals surface area contributed by atoms with Gasteiger partial charge in [-0.25, -0.2) is 0 Å². The Kier molecular flexibility index (Phi) is 12.1. The van der Waals surface area contributed by atoms with Crippen LogP contribution in [0.4, 0.5) is 0 Å². The highest BCUT2D eigenvalue weighted by molar-refractivity contribution is 7.25. The molecule has 0 atom stereocenters. The summed E-state index contributed by atoms with van der Waals surface area (Å²) in [6.45, 7) is 0. The Morgan fingerprint density at radius 3 is 1.07 bits per heavy atom. The molecule has 0 unspecified atom stereocenters. The molecule has 0 aliphatic rings. The van der Waals surface area contributed by atoms with Crippen molar-refractivity contribution in [3.05, 3.63) is 312 Å². The summed E-state index contributed by atoms with van der Waals surface area (Å²) in [4.78, 5) is 5.10. The Morgan fingerprint density at radius 2 is 0.595 bits per heavy atom. The van der Waals surface area contributed by atoms with Crippen molar-refractivity contribution in [3.8, 4) is 52.9 Å². The van der Waals surface area contributed by atoms with E-state index in [0.29, 0.717) is 0 Å². The number of benzene rings is 11. The molecule has 13 aromatic rings. The van der Waals surface area contributed by atoms with E-state index >= 15 is 0 Å². The molecule has 11 aromatic carbocycles. The molecule has 348 valence electrons. The molecule has 0 aliphatic heterocycles. The van der Waals surface area contributed by atoms with Crippen LogP contribution in [0.1, 0.15) is 33.4 Å². The summed E-state index contributed by atoms with van der Waals surface area (Å²) in [7, 11) is 0. The lowest BCUT2D eigenvalue weighted by Gasteiger charge is -2.19. The molecule has 0 nitrogen and oxygen atoms in total. The molecule has 0 bridgehead atoms. The van der Waals surface area contributed by atoms with Crippen molar-refractivity contribution in [1.82, 2.24) is 0 Å². The van der Waals surface area contributed by atoms with Gasteiger partial charge in [0.1, 0.15) is 0 Å². The highest BCUT2D eigenvalue weighted by atomic mass is 32.1. The molecule has 2 heteroatoms. The first-order chi connectivity index (χ1) is 36.7. The molecule has 13 rings (SSSR count). The van der Waals surface area contributed by atoms with E-state index in [4.69, 9.17) is 0 Å². The smallest absolute Gasteiger partial charge is 0.0449 e. The molecule has 2 heterocycles. The molecule has 0 amide bonds. The number of hydrogen-bond donors (Lipinski definition) is 0. The van der Waals surface area contributed by atoms with Crippen LogP contribution in [0.15, 0.2) is 279 Å². The lowest BCUT2D eigenvalue weighted by Crippen LogP contribution is -1.92. The van der Waals surface area contributed by atoms with E-state index in [1.807, 2.05) is 22.7 Å². The summed E-state index contributed by atoms with van der Waals surface area (Å²) >= 11 is 3.74. The predicted octanol–water partition coefficient (Wildman–Crippen LogP) is 20.8. The van der Waals surface area contributed by atoms with Crippen LogP contribution >= 0.6 is 22.7 Å². The molecule has 0 saturated carbocycles. The van der Waals surface area contributed by atoms with E-state index in [9.17, 15) is 0 Å². The van der Waals surface area contributed by atoms with E-state index in [0.717, 1.165) is 11.1 Å². The van der Waals surface area contributed by atoms with Crippen molar-refractivity contribution in [1.29, 1.82) is 0 Å². The van der Waals surface area contributed by atoms with E-state index in [-0.39, 0.29) is 0 Å². The van der Waals surface area contributed by atoms with Gasteiger partial charge in [-0.3, -0.25) is 0 Å². The molecule has 0 fully saturated rings. The molecule has 0 aliphatic carbocycles. The molecule has 0 spiro atoms. The van der Waals surface area contributed by atoms with Crippen molar-refractivity contribution < 1.29 is 0 Å². The van der Waals surface area contributed by atoms with E-state index in [1.165, 1.54) is 119 Å². The number of hydrogen-bond acceptors (Lipinski definition) is 2. The average molecular weight is 977 g/mol. The number of thiophene rings is 2. The van der Waals surface area contributed by atoms with Crippen molar-refractivity contribution in [3.63, 3.8) is 0 Å². The normalized spacial score (nSPS) is 11.2. The van der Waals surface area contributed by atoms with Crippen LogP contribution in [0.5, 0.6) is 0 Å². The molecular formula is C72H48S2. The first-order valence-corrected chi connectivity index (χ1v) is 26.8. The third kappa shape index (κ3) is 8.92. The van der Waals surface area contributed by atoms with Crippen LogP contribution in [-0.4, -0.2) is 0 Å². The van der Waals surface area contributed by atoms with Crippen molar-refractivity contribution in [2.45, 2.75) is 0 Å². The van der Waals surface area contributed by atoms with E-state index in [2.05, 4.69) is 291 Å². The van der Waals surface area contributed by atoms with Gasteiger partial charge in [0.25, 0.3) is 0 Å². The molecule has 0 N–H and O–H groups in total. The standard InChI is InChI=1S/C72H48S2/c1-5-18-52(19-6-1)64(53-20-7-2-8-21-53)45-49-29-33-56(34-30-49)71-61-27-15-16-28-62(61)72(57-35-31-50(32-36-57)46-65(54-22-9-3-10-23-54)55-24-11-4-12-25-55)66-48-60(39-40-63(66)71)68-42-44-70(74-68)69-43-41-67(73-69)59-38-37-51-17-13-14-26-58(51)47-59/h1-48H. The maximum Gasteiger partial charge on any atom is 0.0449 e. The van der Waals surface area contributed by atoms with Gasteiger partial charge in [-0.15, -0.1) is 22.7 Å². The molecule has 0 radical (unpaired) electrons. The fourth-order valence-corrected chi connectivity index (χ4v) is 12.6. The minimum Gasteiger partial charge on any atom is -0.134 e. The zero-order valence-electron chi connectivity index (χ0n) is 40.5. The Balaban J connectivity index is 0.934. The van der Waals surface area contributed by atoms with Crippen LogP contribution in [0.3, 0.4) is 0 Å². The highest BCUT2D eigenvalue weighted by Crippen LogP contribution is 2.47. The van der Waals surface area contributed by atoms with Gasteiger partial charge >= 0.3 is 0 Å². The van der Waals surface area contributed by atoms with Gasteiger partial charge in [-0.05, 0) is 159 Å². The summed E-state index contributed by atoms with van der Waals surface area (Å²) in [5, 5.41) is 7.46. The Bertz CT molecular complexity index is 4100. The monoisotopic (exact) mass is 976 g/mol. The third-order valence-electron chi connectivity index (χ3n) is 14.2. The molecule has 2 aromatic heterocycles. The second kappa shape index (κ2) is 19.9. The Labute approximate surface area is 440 Å². The van der Waals surface area contributed by atoms with Crippen molar-refractivity contribution in [2.24, 2.45) is 0 Å². The fourth-order valence-electron chi connectivity index (χ4n) is 10.5. The van der Waals surface area contributed by atoms with Crippen LogP contribution in [0.25, 0.3) is 109 Å². The van der Waals surface area contributed by atoms with Gasteiger partial charge in [0, 0.05) is 19.5 Å². The maximum atomic E-state index is 2.45. The topological polar surface area (TPSA) is 0 Å². The quantitative estimate of drug-likeness (QED) is 0.0895. The van der Waals surface area contributed by atoms with Crippen molar-refractivity contribution in [2.75, 3.05) is 0 Å². The highest BCUT2D eigenvalue weighted by Gasteiger charge is 2.19. The third-order valence-corrected chi connectivity index (χ3v) is 16.6. The zero-order chi connectivity index (χ0) is 49.2. The minimum absolute atomic E-state index is 1.16. The van der Waals surface area contributed by atoms with Gasteiger partial charge in [0.05, 0.1) is 0 Å². The van der Waals surface area contributed by atoms with Crippen LogP contribution in [-0.2, 0) is 0 Å². The largest absolute Gasteiger partial charge is 0.134 e. The van der Waals surface area contributed by atoms with Gasteiger partial charge in [-0.1, -0.05) is 243 Å². The molecule has 74 heavy (non-hydrogen) atoms. The van der Waals surface area contributed by atoms with Gasteiger partial charge in [0.2, 0.25) is 0 Å². The summed E-state index contributed by atoms with van der Waals surface area (Å²) in [5.74, 6) is 0. The maximum absolute atomic E-state index is 2.45. The molecular weight excluding hydrogens is 929 g/mol. The SMILES string of the molecule is C(=C(c1ccccc1)c1ccccc1)c1ccc(-c2c3ccccc3c(-c3ccc(C=C(c4ccccc4)c4ccccc4)cc3)c3cc(-c4ccc(-c5ccc(-c6ccc7ccccc7c6)s5)s4)ccc23)cc1. The summed E-state index contributed by atoms with van der Waals surface area (Å²) in [6, 6.07) is 102. The first-order valence-electron chi connectivity index (χ1n) is 25.2. The van der Waals surface area contributed by atoms with Crippen molar-refractivity contribution >= 4 is 78.3 Å². The van der Waals surface area contributed by atoms with E-state index in [1.54, 1.807) is 0 Å². The fraction of sp³-hybridized carbons (Fsp3) is 0. The minimum atomic E-state index is 1.16. The van der Waals surface area contributed by atoms with Crippen LogP contribution < -0.4 is 0 Å². The Morgan fingerprint density at radius 1 is 0.243 bits per heavy atom. The lowest BCUT2D eigenvalue weighted by molar-refractivity contribution is 1.55.